The van der Waals surface area contributed by atoms with Gasteiger partial charge >= 0.3 is 0 Å². The first-order chi connectivity index (χ1) is 12.4. The zero-order valence-electron chi connectivity index (χ0n) is 16.7. The van der Waals surface area contributed by atoms with Gasteiger partial charge in [0.15, 0.2) is 5.78 Å². The largest absolute Gasteiger partial charge is 0.399 e. The molecule has 4 nitrogen and oxygen atoms in total. The van der Waals surface area contributed by atoms with Gasteiger partial charge in [-0.2, -0.15) is 0 Å². The van der Waals surface area contributed by atoms with Gasteiger partial charge < -0.3 is 10.8 Å². The van der Waals surface area contributed by atoms with Crippen LogP contribution in [-0.2, 0) is 0 Å². The monoisotopic (exact) mass is 362 g/mol. The first kappa shape index (κ1) is 22.7. The minimum Gasteiger partial charge on any atom is -0.399 e. The zero-order chi connectivity index (χ0) is 19.3. The molecule has 1 aromatic carbocycles. The molecule has 1 aromatic rings. The maximum atomic E-state index is 12.3. The van der Waals surface area contributed by atoms with Crippen LogP contribution in [-0.4, -0.2) is 23.2 Å². The summed E-state index contributed by atoms with van der Waals surface area (Å²) in [6.07, 6.45) is 12.9. The molecule has 0 radical (unpaired) electrons. The molecule has 1 rings (SSSR count). The Morgan fingerprint density at radius 1 is 1.04 bits per heavy atom. The topological polar surface area (TPSA) is 75.3 Å². The smallest absolute Gasteiger partial charge is 0.167 e. The quantitative estimate of drug-likeness (QED) is 0.176. The number of unbranched alkanes of at least 4 members (excludes halogenated alkanes) is 9. The Balaban J connectivity index is 2.09. The molecule has 26 heavy (non-hydrogen) atoms. The average Bonchev–Trinajstić information content (AvgIpc) is 2.59. The second-order valence-electron chi connectivity index (χ2n) is 7.61. The van der Waals surface area contributed by atoms with Crippen LogP contribution >= 0.6 is 0 Å². The van der Waals surface area contributed by atoms with Gasteiger partial charge in [-0.3, -0.25) is 10.1 Å². The van der Waals surface area contributed by atoms with Crippen molar-refractivity contribution in [1.82, 2.24) is 5.32 Å². The molecule has 1 atom stereocenters. The minimum absolute atomic E-state index is 0.0498. The molecule has 4 heteroatoms. The predicted molar refractivity (Wildman–Crippen MR) is 110 cm³/mol. The highest BCUT2D eigenvalue weighted by Crippen LogP contribution is 2.15. The van der Waals surface area contributed by atoms with Crippen molar-refractivity contribution >= 4 is 11.5 Å². The minimum atomic E-state index is -1.18. The first-order valence-electron chi connectivity index (χ1n) is 10.3. The highest BCUT2D eigenvalue weighted by atomic mass is 16.3. The van der Waals surface area contributed by atoms with Crippen molar-refractivity contribution in [1.29, 1.82) is 0 Å². The Morgan fingerprint density at radius 3 is 2.19 bits per heavy atom. The molecule has 0 aliphatic heterocycles. The van der Waals surface area contributed by atoms with Gasteiger partial charge in [0.05, 0.1) is 6.42 Å². The van der Waals surface area contributed by atoms with Gasteiger partial charge in [-0.05, 0) is 32.0 Å². The molecule has 0 spiro atoms. The van der Waals surface area contributed by atoms with Gasteiger partial charge in [-0.1, -0.05) is 76.8 Å². The number of aliphatic hydroxyl groups is 1. The number of hydrogen-bond acceptors (Lipinski definition) is 4. The molecule has 148 valence electrons. The number of benzene rings is 1. The van der Waals surface area contributed by atoms with E-state index < -0.39 is 5.72 Å². The fourth-order valence-corrected chi connectivity index (χ4v) is 3.16. The fraction of sp³-hybridized carbons (Fsp3) is 0.682. The zero-order valence-corrected chi connectivity index (χ0v) is 16.7. The molecule has 1 unspecified atom stereocenters. The molecule has 0 saturated carbocycles. The van der Waals surface area contributed by atoms with Crippen molar-refractivity contribution in [2.75, 3.05) is 12.3 Å². The number of carbonyl (C=O) groups excluding carboxylic acids is 1. The lowest BCUT2D eigenvalue weighted by molar-refractivity contribution is 0.0176. The molecule has 0 aliphatic rings. The number of rotatable bonds is 15. The fourth-order valence-electron chi connectivity index (χ4n) is 3.16. The number of hydrogen-bond donors (Lipinski definition) is 3. The number of nitrogens with one attached hydrogen (secondary N) is 1. The first-order valence-corrected chi connectivity index (χ1v) is 10.3. The van der Waals surface area contributed by atoms with Crippen molar-refractivity contribution in [3.05, 3.63) is 29.8 Å². The third-order valence-electron chi connectivity index (χ3n) is 4.75. The Labute approximate surface area is 159 Å². The van der Waals surface area contributed by atoms with E-state index in [0.717, 1.165) is 13.0 Å². The van der Waals surface area contributed by atoms with Crippen LogP contribution in [0.4, 0.5) is 5.69 Å². The van der Waals surface area contributed by atoms with Crippen molar-refractivity contribution in [2.24, 2.45) is 0 Å². The van der Waals surface area contributed by atoms with E-state index in [2.05, 4.69) is 12.2 Å². The third kappa shape index (κ3) is 10.6. The molecule has 0 heterocycles. The van der Waals surface area contributed by atoms with E-state index in [9.17, 15) is 9.90 Å². The maximum Gasteiger partial charge on any atom is 0.167 e. The second kappa shape index (κ2) is 12.9. The standard InChI is InChI=1S/C22H38N2O2/c1-3-4-5-6-7-8-9-10-11-12-16-24-22(2,26)18-21(25)19-14-13-15-20(23)17-19/h13-15,17,24,26H,3-12,16,18,23H2,1-2H3. The van der Waals surface area contributed by atoms with Crippen LogP contribution in [0.5, 0.6) is 0 Å². The summed E-state index contributed by atoms with van der Waals surface area (Å²) >= 11 is 0. The van der Waals surface area contributed by atoms with E-state index in [-0.39, 0.29) is 12.2 Å². The summed E-state index contributed by atoms with van der Waals surface area (Å²) in [6.45, 7) is 4.64. The predicted octanol–water partition coefficient (Wildman–Crippen LogP) is 5.06. The van der Waals surface area contributed by atoms with E-state index in [0.29, 0.717) is 11.3 Å². The second-order valence-corrected chi connectivity index (χ2v) is 7.61. The number of ketones is 1. The van der Waals surface area contributed by atoms with Gasteiger partial charge in [-0.15, -0.1) is 0 Å². The van der Waals surface area contributed by atoms with E-state index in [1.807, 2.05) is 0 Å². The summed E-state index contributed by atoms with van der Waals surface area (Å²) in [4.78, 5) is 12.3. The van der Waals surface area contributed by atoms with Crippen molar-refractivity contribution in [3.63, 3.8) is 0 Å². The Morgan fingerprint density at radius 2 is 1.62 bits per heavy atom. The van der Waals surface area contributed by atoms with E-state index in [4.69, 9.17) is 5.73 Å². The summed E-state index contributed by atoms with van der Waals surface area (Å²) in [6, 6.07) is 6.89. The van der Waals surface area contributed by atoms with Crippen molar-refractivity contribution in [2.45, 2.75) is 90.2 Å². The van der Waals surface area contributed by atoms with Crippen molar-refractivity contribution in [3.8, 4) is 0 Å². The lowest BCUT2D eigenvalue weighted by atomic mass is 10.0. The molecule has 0 aliphatic carbocycles. The average molecular weight is 363 g/mol. The molecule has 0 fully saturated rings. The molecule has 0 saturated heterocycles. The van der Waals surface area contributed by atoms with Gasteiger partial charge in [-0.25, -0.2) is 0 Å². The summed E-state index contributed by atoms with van der Waals surface area (Å²) < 4.78 is 0. The Hall–Kier alpha value is -1.39. The van der Waals surface area contributed by atoms with E-state index in [1.165, 1.54) is 57.8 Å². The van der Waals surface area contributed by atoms with Crippen LogP contribution in [0.15, 0.2) is 24.3 Å². The highest BCUT2D eigenvalue weighted by molar-refractivity contribution is 5.97. The number of nitrogen functional groups attached to an aromatic ring is 1. The summed E-state index contributed by atoms with van der Waals surface area (Å²) in [5, 5.41) is 13.5. The van der Waals surface area contributed by atoms with E-state index >= 15 is 0 Å². The molecular weight excluding hydrogens is 324 g/mol. The number of anilines is 1. The van der Waals surface area contributed by atoms with Gasteiger partial charge in [0.25, 0.3) is 0 Å². The van der Waals surface area contributed by atoms with Crippen LogP contribution in [0.2, 0.25) is 0 Å². The van der Waals surface area contributed by atoms with Crippen LogP contribution in [0.25, 0.3) is 0 Å². The summed E-state index contributed by atoms with van der Waals surface area (Å²) in [7, 11) is 0. The highest BCUT2D eigenvalue weighted by Gasteiger charge is 2.24. The van der Waals surface area contributed by atoms with E-state index in [1.54, 1.807) is 31.2 Å². The number of nitrogens with two attached hydrogens (primary N) is 1. The Kier molecular flexibility index (Phi) is 11.2. The molecule has 0 amide bonds. The summed E-state index contributed by atoms with van der Waals surface area (Å²) in [5.74, 6) is -0.0992. The maximum absolute atomic E-state index is 12.3. The molecule has 4 N–H and O–H groups in total. The van der Waals surface area contributed by atoms with Gasteiger partial charge in [0.2, 0.25) is 0 Å². The lowest BCUT2D eigenvalue weighted by Gasteiger charge is -2.24. The normalized spacial score (nSPS) is 13.5. The van der Waals surface area contributed by atoms with Crippen LogP contribution < -0.4 is 11.1 Å². The SMILES string of the molecule is CCCCCCCCCCCCNC(C)(O)CC(=O)c1cccc(N)c1. The molecular formula is C22H38N2O2. The van der Waals surface area contributed by atoms with Gasteiger partial charge in [0.1, 0.15) is 5.72 Å². The van der Waals surface area contributed by atoms with Crippen LogP contribution in [0.3, 0.4) is 0 Å². The lowest BCUT2D eigenvalue weighted by Crippen LogP contribution is -2.44. The number of carbonyl (C=O) groups is 1. The molecule has 0 bridgehead atoms. The van der Waals surface area contributed by atoms with Gasteiger partial charge in [0, 0.05) is 11.3 Å². The third-order valence-corrected chi connectivity index (χ3v) is 4.75. The Bertz CT molecular complexity index is 515. The molecule has 0 aromatic heterocycles. The number of Topliss-reactive ketones (excluding diaryl/α,β-unsaturated/α-hetero) is 1. The van der Waals surface area contributed by atoms with Crippen LogP contribution in [0, 0.1) is 0 Å². The summed E-state index contributed by atoms with van der Waals surface area (Å²) in [5.41, 5.74) is 5.64. The van der Waals surface area contributed by atoms with Crippen LogP contribution in [0.1, 0.15) is 94.8 Å². The van der Waals surface area contributed by atoms with Crippen molar-refractivity contribution < 1.29 is 9.90 Å².